The highest BCUT2D eigenvalue weighted by molar-refractivity contribution is 6.30. The van der Waals surface area contributed by atoms with Gasteiger partial charge < -0.3 is 19.8 Å². The van der Waals surface area contributed by atoms with E-state index in [1.54, 1.807) is 19.2 Å². The van der Waals surface area contributed by atoms with E-state index < -0.39 is 0 Å². The highest BCUT2D eigenvalue weighted by atomic mass is 35.5. The topological polar surface area (TPSA) is 52.9 Å². The van der Waals surface area contributed by atoms with E-state index in [9.17, 15) is 10.2 Å². The molecule has 2 aromatic carbocycles. The molecule has 2 aromatic rings. The number of nitrogens with zero attached hydrogens (tertiary/aromatic N) is 1. The second kappa shape index (κ2) is 6.28. The molecule has 25 heavy (non-hydrogen) atoms. The molecule has 5 heteroatoms. The van der Waals surface area contributed by atoms with Crippen molar-refractivity contribution in [3.63, 3.8) is 0 Å². The maximum atomic E-state index is 9.80. The molecule has 3 rings (SSSR count). The van der Waals surface area contributed by atoms with Crippen molar-refractivity contribution < 1.29 is 14.9 Å². The zero-order chi connectivity index (χ0) is 18.4. The maximum Gasteiger partial charge on any atom is 0.157 e. The zero-order valence-corrected chi connectivity index (χ0v) is 15.5. The highest BCUT2D eigenvalue weighted by Crippen LogP contribution is 2.50. The summed E-state index contributed by atoms with van der Waals surface area (Å²) in [5, 5.41) is 20.0. The molecule has 0 aliphatic carbocycles. The van der Waals surface area contributed by atoms with Crippen LogP contribution in [0.5, 0.6) is 11.5 Å². The van der Waals surface area contributed by atoms with Crippen molar-refractivity contribution in [2.45, 2.75) is 32.4 Å². The lowest BCUT2D eigenvalue weighted by Crippen LogP contribution is -2.34. The highest BCUT2D eigenvalue weighted by Gasteiger charge is 2.42. The van der Waals surface area contributed by atoms with Crippen molar-refractivity contribution in [3.8, 4) is 11.5 Å². The van der Waals surface area contributed by atoms with Gasteiger partial charge in [-0.3, -0.25) is 0 Å². The molecule has 0 bridgehead atoms. The summed E-state index contributed by atoms with van der Waals surface area (Å²) in [5.41, 5.74) is 3.71. The Labute approximate surface area is 152 Å². The average Bonchev–Trinajstić information content (AvgIpc) is 2.78. The molecule has 2 N–H and O–H groups in total. The standard InChI is InChI=1S/C20H22ClNO3/c1-12(25-4)22-16-7-6-14(21)11-15(16)20(2,3)19(22)10-13-5-8-17(23)18(24)9-13/h5-12,23-24H,1-4H3/b19-10+. The SMILES string of the molecule is COC(C)N1/C(=C/c2ccc(O)c(O)c2)C(C)(C)c2cc(Cl)ccc21. The minimum atomic E-state index is -0.291. The van der Waals surface area contributed by atoms with Crippen molar-refractivity contribution in [3.05, 3.63) is 58.2 Å². The van der Waals surface area contributed by atoms with E-state index in [0.29, 0.717) is 5.02 Å². The molecule has 1 heterocycles. The zero-order valence-electron chi connectivity index (χ0n) is 14.7. The van der Waals surface area contributed by atoms with Crippen LogP contribution < -0.4 is 4.90 Å². The van der Waals surface area contributed by atoms with Gasteiger partial charge in [-0.2, -0.15) is 0 Å². The molecule has 0 spiro atoms. The van der Waals surface area contributed by atoms with Gasteiger partial charge in [0.15, 0.2) is 11.5 Å². The molecular weight excluding hydrogens is 338 g/mol. The molecule has 4 nitrogen and oxygen atoms in total. The molecule has 1 aliphatic heterocycles. The lowest BCUT2D eigenvalue weighted by Gasteiger charge is -2.31. The first kappa shape index (κ1) is 17.6. The second-order valence-electron chi connectivity index (χ2n) is 6.77. The second-order valence-corrected chi connectivity index (χ2v) is 7.21. The maximum absolute atomic E-state index is 9.80. The van der Waals surface area contributed by atoms with Crippen molar-refractivity contribution in [2.75, 3.05) is 12.0 Å². The van der Waals surface area contributed by atoms with E-state index >= 15 is 0 Å². The number of rotatable bonds is 3. The van der Waals surface area contributed by atoms with Gasteiger partial charge in [0.2, 0.25) is 0 Å². The van der Waals surface area contributed by atoms with Gasteiger partial charge in [0, 0.05) is 28.9 Å². The van der Waals surface area contributed by atoms with Crippen molar-refractivity contribution in [1.82, 2.24) is 0 Å². The minimum Gasteiger partial charge on any atom is -0.504 e. The Morgan fingerprint density at radius 1 is 1.12 bits per heavy atom. The molecule has 0 saturated heterocycles. The Hall–Kier alpha value is -2.17. The first-order valence-electron chi connectivity index (χ1n) is 8.12. The van der Waals surface area contributed by atoms with Gasteiger partial charge in [-0.25, -0.2) is 0 Å². The third-order valence-electron chi connectivity index (χ3n) is 4.80. The molecule has 0 fully saturated rings. The molecule has 0 aromatic heterocycles. The van der Waals surface area contributed by atoms with Gasteiger partial charge >= 0.3 is 0 Å². The third-order valence-corrected chi connectivity index (χ3v) is 5.03. The smallest absolute Gasteiger partial charge is 0.157 e. The number of phenolic OH excluding ortho intramolecular Hbond substituents is 2. The van der Waals surface area contributed by atoms with Crippen molar-refractivity contribution in [1.29, 1.82) is 0 Å². The van der Waals surface area contributed by atoms with E-state index in [0.717, 1.165) is 22.5 Å². The summed E-state index contributed by atoms with van der Waals surface area (Å²) >= 11 is 6.23. The number of methoxy groups -OCH3 is 1. The van der Waals surface area contributed by atoms with Gasteiger partial charge in [0.1, 0.15) is 6.23 Å². The van der Waals surface area contributed by atoms with Crippen LogP contribution in [0.2, 0.25) is 5.02 Å². The van der Waals surface area contributed by atoms with Crippen LogP contribution >= 0.6 is 11.6 Å². The molecule has 1 aliphatic rings. The largest absolute Gasteiger partial charge is 0.504 e. The Morgan fingerprint density at radius 2 is 1.84 bits per heavy atom. The number of hydrogen-bond acceptors (Lipinski definition) is 4. The van der Waals surface area contributed by atoms with E-state index in [4.69, 9.17) is 16.3 Å². The van der Waals surface area contributed by atoms with Crippen LogP contribution in [0.25, 0.3) is 6.08 Å². The minimum absolute atomic E-state index is 0.134. The quantitative estimate of drug-likeness (QED) is 0.767. The van der Waals surface area contributed by atoms with Crippen LogP contribution in [-0.2, 0) is 10.2 Å². The van der Waals surface area contributed by atoms with Crippen LogP contribution in [0, 0.1) is 0 Å². The Balaban J connectivity index is 2.19. The molecule has 0 amide bonds. The molecule has 1 unspecified atom stereocenters. The number of allylic oxidation sites excluding steroid dienone is 1. The van der Waals surface area contributed by atoms with E-state index in [1.807, 2.05) is 31.2 Å². The third kappa shape index (κ3) is 2.96. The van der Waals surface area contributed by atoms with Crippen LogP contribution in [0.4, 0.5) is 5.69 Å². The predicted molar refractivity (Wildman–Crippen MR) is 101 cm³/mol. The summed E-state index contributed by atoms with van der Waals surface area (Å²) in [6, 6.07) is 10.7. The van der Waals surface area contributed by atoms with Crippen LogP contribution in [0.1, 0.15) is 31.9 Å². The predicted octanol–water partition coefficient (Wildman–Crippen LogP) is 4.88. The van der Waals surface area contributed by atoms with Gasteiger partial charge in [0.05, 0.1) is 0 Å². The molecular formula is C20H22ClNO3. The first-order valence-corrected chi connectivity index (χ1v) is 8.49. The van der Waals surface area contributed by atoms with Gasteiger partial charge in [-0.1, -0.05) is 31.5 Å². The lowest BCUT2D eigenvalue weighted by molar-refractivity contribution is 0.120. The lowest BCUT2D eigenvalue weighted by atomic mass is 9.83. The molecule has 0 saturated carbocycles. The van der Waals surface area contributed by atoms with Crippen LogP contribution in [0.15, 0.2) is 42.1 Å². The summed E-state index contributed by atoms with van der Waals surface area (Å²) in [4.78, 5) is 2.13. The fraction of sp³-hybridized carbons (Fsp3) is 0.300. The number of fused-ring (bicyclic) bond motifs is 1. The average molecular weight is 360 g/mol. The fourth-order valence-electron chi connectivity index (χ4n) is 3.32. The Morgan fingerprint density at radius 3 is 2.48 bits per heavy atom. The Bertz CT molecular complexity index is 845. The fourth-order valence-corrected chi connectivity index (χ4v) is 3.50. The summed E-state index contributed by atoms with van der Waals surface area (Å²) in [6.45, 7) is 6.26. The van der Waals surface area contributed by atoms with Crippen LogP contribution in [-0.4, -0.2) is 23.6 Å². The number of anilines is 1. The van der Waals surface area contributed by atoms with Gasteiger partial charge in [-0.15, -0.1) is 0 Å². The van der Waals surface area contributed by atoms with E-state index in [1.165, 1.54) is 6.07 Å². The summed E-state index contributed by atoms with van der Waals surface area (Å²) in [6.07, 6.45) is 1.83. The summed E-state index contributed by atoms with van der Waals surface area (Å²) in [5.74, 6) is -0.276. The number of benzene rings is 2. The van der Waals surface area contributed by atoms with Crippen LogP contribution in [0.3, 0.4) is 0 Å². The number of phenols is 2. The number of ether oxygens (including phenoxy) is 1. The van der Waals surface area contributed by atoms with Crippen molar-refractivity contribution >= 4 is 23.4 Å². The van der Waals surface area contributed by atoms with Gasteiger partial charge in [0.25, 0.3) is 0 Å². The monoisotopic (exact) mass is 359 g/mol. The van der Waals surface area contributed by atoms with E-state index in [-0.39, 0.29) is 23.1 Å². The first-order chi connectivity index (χ1) is 11.8. The number of aromatic hydroxyl groups is 2. The number of hydrogen-bond donors (Lipinski definition) is 2. The molecule has 132 valence electrons. The molecule has 1 atom stereocenters. The van der Waals surface area contributed by atoms with E-state index in [2.05, 4.69) is 18.7 Å². The number of halogens is 1. The van der Waals surface area contributed by atoms with Gasteiger partial charge in [-0.05, 0) is 54.5 Å². The van der Waals surface area contributed by atoms with Crippen molar-refractivity contribution in [2.24, 2.45) is 0 Å². The Kier molecular flexibility index (Phi) is 4.43. The summed E-state index contributed by atoms with van der Waals surface area (Å²) < 4.78 is 5.59. The summed E-state index contributed by atoms with van der Waals surface area (Å²) in [7, 11) is 1.68. The normalized spacial score (nSPS) is 18.4. The molecule has 0 radical (unpaired) electrons.